The number of pyridine rings is 1. The number of nitrogens with one attached hydrogen (secondary N) is 2. The molecule has 0 aliphatic heterocycles. The van der Waals surface area contributed by atoms with E-state index in [9.17, 15) is 9.59 Å². The first-order valence-electron chi connectivity index (χ1n) is 8.04. The largest absolute Gasteiger partial charge is 0.352 e. The molecule has 0 saturated carbocycles. The van der Waals surface area contributed by atoms with Gasteiger partial charge in [-0.05, 0) is 36.6 Å². The number of hydrogen-bond acceptors (Lipinski definition) is 4. The third-order valence-electron chi connectivity index (χ3n) is 3.52. The van der Waals surface area contributed by atoms with Crippen molar-refractivity contribution in [3.63, 3.8) is 0 Å². The molecular formula is C19H20N4O2. The van der Waals surface area contributed by atoms with Gasteiger partial charge in [-0.15, -0.1) is 0 Å². The third kappa shape index (κ3) is 5.43. The predicted octanol–water partition coefficient (Wildman–Crippen LogP) is 2.98. The molecule has 2 amide bonds. The minimum atomic E-state index is -0.389. The van der Waals surface area contributed by atoms with Crippen LogP contribution in [0.15, 0.2) is 42.7 Å². The fourth-order valence-corrected chi connectivity index (χ4v) is 2.13. The molecule has 0 unspecified atom stereocenters. The lowest BCUT2D eigenvalue weighted by atomic mass is 10.1. The molecule has 0 bridgehead atoms. The van der Waals surface area contributed by atoms with Crippen LogP contribution < -0.4 is 10.6 Å². The number of benzene rings is 1. The van der Waals surface area contributed by atoms with Gasteiger partial charge in [-0.2, -0.15) is 5.26 Å². The van der Waals surface area contributed by atoms with Gasteiger partial charge in [0.2, 0.25) is 0 Å². The van der Waals surface area contributed by atoms with Crippen LogP contribution in [-0.4, -0.2) is 23.3 Å². The number of hydrogen-bond donors (Lipinski definition) is 2. The highest BCUT2D eigenvalue weighted by Gasteiger charge is 2.12. The van der Waals surface area contributed by atoms with Crippen molar-refractivity contribution in [1.82, 2.24) is 10.3 Å². The monoisotopic (exact) mass is 336 g/mol. The Hall–Kier alpha value is -3.20. The molecular weight excluding hydrogens is 316 g/mol. The Labute approximate surface area is 146 Å². The molecule has 0 radical (unpaired) electrons. The van der Waals surface area contributed by atoms with E-state index in [1.807, 2.05) is 6.07 Å². The quantitative estimate of drug-likeness (QED) is 0.848. The summed E-state index contributed by atoms with van der Waals surface area (Å²) in [4.78, 5) is 28.4. The standard InChI is InChI=1S/C19H20N4O2/c1-13(2)6-7-22-18(24)15-9-16(12-21-11-15)19(25)23-17-5-3-4-14(8-17)10-20/h3-5,8-9,11-13H,6-7H2,1-2H3,(H,22,24)(H,23,25). The molecule has 25 heavy (non-hydrogen) atoms. The maximum absolute atomic E-state index is 12.3. The van der Waals surface area contributed by atoms with E-state index in [0.717, 1.165) is 6.42 Å². The molecule has 0 fully saturated rings. The van der Waals surface area contributed by atoms with Crippen molar-refractivity contribution in [2.45, 2.75) is 20.3 Å². The summed E-state index contributed by atoms with van der Waals surface area (Å²) in [6, 6.07) is 10.1. The Morgan fingerprint density at radius 2 is 1.88 bits per heavy atom. The number of carbonyl (C=O) groups is 2. The van der Waals surface area contributed by atoms with Gasteiger partial charge in [-0.3, -0.25) is 14.6 Å². The number of rotatable bonds is 6. The zero-order chi connectivity index (χ0) is 18.2. The second-order valence-corrected chi connectivity index (χ2v) is 6.05. The van der Waals surface area contributed by atoms with Gasteiger partial charge in [0.25, 0.3) is 11.8 Å². The summed E-state index contributed by atoms with van der Waals surface area (Å²) in [5.74, 6) is -0.145. The van der Waals surface area contributed by atoms with Crippen molar-refractivity contribution in [2.24, 2.45) is 5.92 Å². The molecule has 2 aromatic rings. The van der Waals surface area contributed by atoms with E-state index in [0.29, 0.717) is 29.3 Å². The molecule has 0 atom stereocenters. The molecule has 1 heterocycles. The molecule has 1 aromatic heterocycles. The smallest absolute Gasteiger partial charge is 0.257 e. The lowest BCUT2D eigenvalue weighted by Crippen LogP contribution is -2.26. The van der Waals surface area contributed by atoms with Crippen molar-refractivity contribution in [1.29, 1.82) is 5.26 Å². The van der Waals surface area contributed by atoms with Crippen LogP contribution in [0.4, 0.5) is 5.69 Å². The second-order valence-electron chi connectivity index (χ2n) is 6.05. The molecule has 6 nitrogen and oxygen atoms in total. The van der Waals surface area contributed by atoms with E-state index < -0.39 is 0 Å². The van der Waals surface area contributed by atoms with Crippen LogP contribution >= 0.6 is 0 Å². The average molecular weight is 336 g/mol. The lowest BCUT2D eigenvalue weighted by Gasteiger charge is -2.09. The molecule has 1 aromatic carbocycles. The highest BCUT2D eigenvalue weighted by Crippen LogP contribution is 2.12. The Bertz CT molecular complexity index is 809. The van der Waals surface area contributed by atoms with E-state index in [2.05, 4.69) is 29.5 Å². The summed E-state index contributed by atoms with van der Waals surface area (Å²) in [6.07, 6.45) is 3.71. The zero-order valence-corrected chi connectivity index (χ0v) is 14.2. The van der Waals surface area contributed by atoms with Gasteiger partial charge in [-0.1, -0.05) is 19.9 Å². The second kappa shape index (κ2) is 8.60. The number of amides is 2. The number of aromatic nitrogens is 1. The van der Waals surface area contributed by atoms with Crippen LogP contribution in [0.3, 0.4) is 0 Å². The van der Waals surface area contributed by atoms with E-state index in [-0.39, 0.29) is 17.4 Å². The Morgan fingerprint density at radius 1 is 1.16 bits per heavy atom. The molecule has 2 rings (SSSR count). The van der Waals surface area contributed by atoms with Crippen molar-refractivity contribution in [3.8, 4) is 6.07 Å². The van der Waals surface area contributed by atoms with Crippen LogP contribution in [0.2, 0.25) is 0 Å². The summed E-state index contributed by atoms with van der Waals surface area (Å²) in [5, 5.41) is 14.4. The maximum atomic E-state index is 12.3. The predicted molar refractivity (Wildman–Crippen MR) is 95.1 cm³/mol. The summed E-state index contributed by atoms with van der Waals surface area (Å²) >= 11 is 0. The van der Waals surface area contributed by atoms with Crippen molar-refractivity contribution >= 4 is 17.5 Å². The molecule has 0 aliphatic rings. The van der Waals surface area contributed by atoms with Crippen LogP contribution in [0, 0.1) is 17.2 Å². The zero-order valence-electron chi connectivity index (χ0n) is 14.2. The summed E-state index contributed by atoms with van der Waals surface area (Å²) in [6.45, 7) is 4.74. The van der Waals surface area contributed by atoms with Crippen molar-refractivity contribution in [2.75, 3.05) is 11.9 Å². The van der Waals surface area contributed by atoms with E-state index in [1.54, 1.807) is 24.3 Å². The minimum absolute atomic E-state index is 0.255. The van der Waals surface area contributed by atoms with Crippen molar-refractivity contribution in [3.05, 3.63) is 59.4 Å². The number of nitrogens with zero attached hydrogens (tertiary/aromatic N) is 2. The van der Waals surface area contributed by atoms with E-state index in [4.69, 9.17) is 5.26 Å². The lowest BCUT2D eigenvalue weighted by molar-refractivity contribution is 0.0951. The summed E-state index contributed by atoms with van der Waals surface area (Å²) < 4.78 is 0. The number of carbonyl (C=O) groups excluding carboxylic acids is 2. The first-order valence-corrected chi connectivity index (χ1v) is 8.04. The van der Waals surface area contributed by atoms with E-state index in [1.165, 1.54) is 18.5 Å². The number of anilines is 1. The molecule has 6 heteroatoms. The van der Waals surface area contributed by atoms with Gasteiger partial charge in [0.1, 0.15) is 0 Å². The number of nitriles is 1. The Morgan fingerprint density at radius 3 is 2.56 bits per heavy atom. The first-order chi connectivity index (χ1) is 12.0. The molecule has 0 aliphatic carbocycles. The van der Waals surface area contributed by atoms with E-state index >= 15 is 0 Å². The molecule has 0 saturated heterocycles. The van der Waals surface area contributed by atoms with Gasteiger partial charge in [-0.25, -0.2) is 0 Å². The van der Waals surface area contributed by atoms with Gasteiger partial charge in [0, 0.05) is 24.6 Å². The van der Waals surface area contributed by atoms with Crippen LogP contribution in [-0.2, 0) is 0 Å². The Kier molecular flexibility index (Phi) is 6.24. The maximum Gasteiger partial charge on any atom is 0.257 e. The normalized spacial score (nSPS) is 10.2. The fourth-order valence-electron chi connectivity index (χ4n) is 2.13. The van der Waals surface area contributed by atoms with Crippen LogP contribution in [0.1, 0.15) is 46.5 Å². The van der Waals surface area contributed by atoms with Crippen LogP contribution in [0.5, 0.6) is 0 Å². The van der Waals surface area contributed by atoms with Gasteiger partial charge in [0.15, 0.2) is 0 Å². The third-order valence-corrected chi connectivity index (χ3v) is 3.52. The van der Waals surface area contributed by atoms with Gasteiger partial charge in [0.05, 0.1) is 22.8 Å². The molecule has 0 spiro atoms. The summed E-state index contributed by atoms with van der Waals surface area (Å²) in [7, 11) is 0. The molecule has 128 valence electrons. The topological polar surface area (TPSA) is 94.9 Å². The summed E-state index contributed by atoms with van der Waals surface area (Å²) in [5.41, 5.74) is 1.58. The highest BCUT2D eigenvalue weighted by molar-refractivity contribution is 6.05. The van der Waals surface area contributed by atoms with Gasteiger partial charge >= 0.3 is 0 Å². The minimum Gasteiger partial charge on any atom is -0.352 e. The SMILES string of the molecule is CC(C)CCNC(=O)c1cncc(C(=O)Nc2cccc(C#N)c2)c1. The van der Waals surface area contributed by atoms with Crippen LogP contribution in [0.25, 0.3) is 0 Å². The Balaban J connectivity index is 2.05. The van der Waals surface area contributed by atoms with Gasteiger partial charge < -0.3 is 10.6 Å². The average Bonchev–Trinajstić information content (AvgIpc) is 2.61. The molecule has 2 N–H and O–H groups in total. The fraction of sp³-hybridized carbons (Fsp3) is 0.263. The van der Waals surface area contributed by atoms with Crippen molar-refractivity contribution < 1.29 is 9.59 Å². The first kappa shape index (κ1) is 18.1. The highest BCUT2D eigenvalue weighted by atomic mass is 16.2.